The fourth-order valence-corrected chi connectivity index (χ4v) is 0.809. The maximum atomic E-state index is 11.2. The van der Waals surface area contributed by atoms with Crippen molar-refractivity contribution in [3.63, 3.8) is 0 Å². The van der Waals surface area contributed by atoms with Gasteiger partial charge in [-0.15, -0.1) is 0 Å². The Hall–Kier alpha value is -1.88. The molecule has 74 valence electrons. The highest BCUT2D eigenvalue weighted by atomic mass is 16.7. The van der Waals surface area contributed by atoms with E-state index in [0.29, 0.717) is 5.56 Å². The van der Waals surface area contributed by atoms with E-state index in [0.717, 1.165) is 0 Å². The van der Waals surface area contributed by atoms with Crippen LogP contribution in [0.5, 0.6) is 0 Å². The lowest BCUT2D eigenvalue weighted by Crippen LogP contribution is -2.33. The van der Waals surface area contributed by atoms with Crippen LogP contribution in [0.15, 0.2) is 30.3 Å². The Morgan fingerprint density at radius 3 is 2.50 bits per heavy atom. The summed E-state index contributed by atoms with van der Waals surface area (Å²) < 4.78 is 0. The molecule has 0 bridgehead atoms. The van der Waals surface area contributed by atoms with Gasteiger partial charge >= 0.3 is 0 Å². The number of aliphatic carboxylic acids is 1. The minimum Gasteiger partial charge on any atom is -0.548 e. The van der Waals surface area contributed by atoms with E-state index in [2.05, 4.69) is 4.84 Å². The van der Waals surface area contributed by atoms with E-state index >= 15 is 0 Å². The summed E-state index contributed by atoms with van der Waals surface area (Å²) in [6.45, 7) is -0.668. The third-order valence-electron chi connectivity index (χ3n) is 1.39. The van der Waals surface area contributed by atoms with Crippen LogP contribution in [0.2, 0.25) is 0 Å². The van der Waals surface area contributed by atoms with Gasteiger partial charge in [0.15, 0.2) is 0 Å². The zero-order valence-corrected chi connectivity index (χ0v) is 7.23. The van der Waals surface area contributed by atoms with Crippen LogP contribution in [0, 0.1) is 0 Å². The molecule has 0 aromatic heterocycles. The van der Waals surface area contributed by atoms with E-state index in [1.165, 1.54) is 0 Å². The summed E-state index contributed by atoms with van der Waals surface area (Å²) in [6, 6.07) is 8.30. The molecule has 0 saturated heterocycles. The Labute approximate surface area is 80.3 Å². The summed E-state index contributed by atoms with van der Waals surface area (Å²) in [5.74, 6) is -1.88. The molecule has 0 heterocycles. The molecule has 14 heavy (non-hydrogen) atoms. The average molecular weight is 194 g/mol. The molecule has 1 N–H and O–H groups in total. The van der Waals surface area contributed by atoms with Crippen molar-refractivity contribution in [3.8, 4) is 0 Å². The molecule has 0 spiro atoms. The molecule has 0 atom stereocenters. The first-order valence-electron chi connectivity index (χ1n) is 3.87. The molecule has 0 aliphatic carbocycles. The minimum absolute atomic E-state index is 0.394. The van der Waals surface area contributed by atoms with E-state index in [-0.39, 0.29) is 0 Å². The van der Waals surface area contributed by atoms with Crippen molar-refractivity contribution >= 4 is 11.9 Å². The Balaban J connectivity index is 2.40. The molecule has 1 amide bonds. The standard InChI is InChI=1S/C9H9NO4/c11-8(12)6-14-10-9(13)7-4-2-1-3-5-7/h1-5H,6H2,(H,10,13)(H,11,12)/p-1. The van der Waals surface area contributed by atoms with Crippen LogP contribution in [0.3, 0.4) is 0 Å². The molecule has 1 aromatic carbocycles. The van der Waals surface area contributed by atoms with Gasteiger partial charge in [0.1, 0.15) is 6.61 Å². The van der Waals surface area contributed by atoms with Crippen molar-refractivity contribution in [2.45, 2.75) is 0 Å². The van der Waals surface area contributed by atoms with Crippen LogP contribution in [-0.2, 0) is 9.63 Å². The Bertz CT molecular complexity index is 323. The first-order valence-corrected chi connectivity index (χ1v) is 3.87. The van der Waals surface area contributed by atoms with E-state index in [1.54, 1.807) is 30.3 Å². The highest BCUT2D eigenvalue weighted by Crippen LogP contribution is 1.97. The molecule has 0 saturated carbocycles. The zero-order chi connectivity index (χ0) is 10.4. The summed E-state index contributed by atoms with van der Waals surface area (Å²) in [5, 5.41) is 9.93. The molecule has 0 unspecified atom stereocenters. The molecule has 5 nitrogen and oxygen atoms in total. The van der Waals surface area contributed by atoms with Gasteiger partial charge < -0.3 is 9.90 Å². The normalized spacial score (nSPS) is 9.43. The SMILES string of the molecule is O=C([O-])CONC(=O)c1ccccc1. The van der Waals surface area contributed by atoms with Crippen molar-refractivity contribution in [2.75, 3.05) is 6.61 Å². The van der Waals surface area contributed by atoms with Crippen LogP contribution >= 0.6 is 0 Å². The monoisotopic (exact) mass is 194 g/mol. The van der Waals surface area contributed by atoms with Crippen molar-refractivity contribution < 1.29 is 19.5 Å². The van der Waals surface area contributed by atoms with Gasteiger partial charge in [-0.25, -0.2) is 5.48 Å². The lowest BCUT2D eigenvalue weighted by molar-refractivity contribution is -0.310. The first-order chi connectivity index (χ1) is 6.70. The highest BCUT2D eigenvalue weighted by molar-refractivity contribution is 5.93. The predicted octanol–water partition coefficient (Wildman–Crippen LogP) is -0.902. The van der Waals surface area contributed by atoms with E-state index in [1.807, 2.05) is 5.48 Å². The molecule has 5 heteroatoms. The van der Waals surface area contributed by atoms with Crippen molar-refractivity contribution in [1.29, 1.82) is 0 Å². The van der Waals surface area contributed by atoms with E-state index in [4.69, 9.17) is 0 Å². The van der Waals surface area contributed by atoms with Crippen LogP contribution < -0.4 is 10.6 Å². The smallest absolute Gasteiger partial charge is 0.274 e. The number of carbonyl (C=O) groups is 2. The van der Waals surface area contributed by atoms with Crippen LogP contribution in [-0.4, -0.2) is 18.5 Å². The Morgan fingerprint density at radius 1 is 1.29 bits per heavy atom. The van der Waals surface area contributed by atoms with E-state index in [9.17, 15) is 14.7 Å². The van der Waals surface area contributed by atoms with Gasteiger partial charge in [-0.2, -0.15) is 0 Å². The fourth-order valence-electron chi connectivity index (χ4n) is 0.809. The van der Waals surface area contributed by atoms with Gasteiger partial charge in [-0.05, 0) is 12.1 Å². The molecule has 0 radical (unpaired) electrons. The molecule has 1 rings (SSSR count). The number of rotatable bonds is 4. The second kappa shape index (κ2) is 4.98. The number of nitrogens with one attached hydrogen (secondary N) is 1. The summed E-state index contributed by atoms with van der Waals surface area (Å²) in [4.78, 5) is 25.5. The van der Waals surface area contributed by atoms with Gasteiger partial charge in [0, 0.05) is 5.56 Å². The molecular weight excluding hydrogens is 186 g/mol. The number of carbonyl (C=O) groups excluding carboxylic acids is 2. The molecule has 0 aliphatic heterocycles. The predicted molar refractivity (Wildman–Crippen MR) is 44.9 cm³/mol. The summed E-state index contributed by atoms with van der Waals surface area (Å²) >= 11 is 0. The zero-order valence-electron chi connectivity index (χ0n) is 7.23. The number of benzene rings is 1. The fraction of sp³-hybridized carbons (Fsp3) is 0.111. The third kappa shape index (κ3) is 3.24. The summed E-state index contributed by atoms with van der Waals surface area (Å²) in [7, 11) is 0. The van der Waals surface area contributed by atoms with Gasteiger partial charge in [-0.1, -0.05) is 18.2 Å². The van der Waals surface area contributed by atoms with Crippen LogP contribution in [0.4, 0.5) is 0 Å². The van der Waals surface area contributed by atoms with Crippen LogP contribution in [0.25, 0.3) is 0 Å². The summed E-state index contributed by atoms with van der Waals surface area (Å²) in [5.41, 5.74) is 2.36. The van der Waals surface area contributed by atoms with E-state index < -0.39 is 18.5 Å². The second-order valence-corrected chi connectivity index (χ2v) is 2.46. The number of hydrogen-bond acceptors (Lipinski definition) is 4. The Morgan fingerprint density at radius 2 is 1.93 bits per heavy atom. The van der Waals surface area contributed by atoms with Crippen molar-refractivity contribution in [1.82, 2.24) is 5.48 Å². The number of carboxylic acid groups (broad SMARTS) is 1. The molecular formula is C9H8NO4-. The van der Waals surface area contributed by atoms with Gasteiger partial charge in [0.2, 0.25) is 0 Å². The third-order valence-corrected chi connectivity index (χ3v) is 1.39. The number of hydroxylamine groups is 1. The molecule has 0 aliphatic rings. The lowest BCUT2D eigenvalue weighted by Gasteiger charge is -2.05. The first kappa shape index (κ1) is 10.2. The molecule has 1 aromatic rings. The highest BCUT2D eigenvalue weighted by Gasteiger charge is 2.02. The van der Waals surface area contributed by atoms with Gasteiger partial charge in [-0.3, -0.25) is 9.63 Å². The Kier molecular flexibility index (Phi) is 3.63. The van der Waals surface area contributed by atoms with Crippen molar-refractivity contribution in [2.24, 2.45) is 0 Å². The average Bonchev–Trinajstić information content (AvgIpc) is 2.18. The second-order valence-electron chi connectivity index (χ2n) is 2.46. The number of amides is 1. The topological polar surface area (TPSA) is 78.5 Å². The maximum Gasteiger partial charge on any atom is 0.274 e. The number of carboxylic acids is 1. The van der Waals surface area contributed by atoms with Crippen molar-refractivity contribution in [3.05, 3.63) is 35.9 Å². The quantitative estimate of drug-likeness (QED) is 0.630. The van der Waals surface area contributed by atoms with Gasteiger partial charge in [0.05, 0.1) is 5.97 Å². The lowest BCUT2D eigenvalue weighted by atomic mass is 10.2. The number of hydrogen-bond donors (Lipinski definition) is 1. The largest absolute Gasteiger partial charge is 0.548 e. The van der Waals surface area contributed by atoms with Gasteiger partial charge in [0.25, 0.3) is 5.91 Å². The molecule has 0 fully saturated rings. The summed E-state index contributed by atoms with van der Waals surface area (Å²) in [6.07, 6.45) is 0. The minimum atomic E-state index is -1.39. The maximum absolute atomic E-state index is 11.2. The van der Waals surface area contributed by atoms with Crippen LogP contribution in [0.1, 0.15) is 10.4 Å².